The smallest absolute Gasteiger partial charge is 0.273 e. The van der Waals surface area contributed by atoms with Gasteiger partial charge in [-0.2, -0.15) is 0 Å². The van der Waals surface area contributed by atoms with Crippen molar-refractivity contribution < 1.29 is 19.1 Å². The van der Waals surface area contributed by atoms with E-state index in [1.165, 1.54) is 0 Å². The fourth-order valence-electron chi connectivity index (χ4n) is 3.89. The van der Waals surface area contributed by atoms with Crippen molar-refractivity contribution in [2.24, 2.45) is 5.92 Å². The third kappa shape index (κ3) is 6.21. The first-order valence-electron chi connectivity index (χ1n) is 11.1. The number of nitrogens with one attached hydrogen (secondary N) is 2. The Morgan fingerprint density at radius 2 is 1.84 bits per heavy atom. The molecule has 0 atom stereocenters. The van der Waals surface area contributed by atoms with E-state index < -0.39 is 0 Å². The third-order valence-corrected chi connectivity index (χ3v) is 5.66. The lowest BCUT2D eigenvalue weighted by Gasteiger charge is -2.29. The van der Waals surface area contributed by atoms with E-state index in [-0.39, 0.29) is 30.3 Å². The van der Waals surface area contributed by atoms with Crippen LogP contribution in [0.25, 0.3) is 0 Å². The minimum atomic E-state index is -0.193. The second kappa shape index (κ2) is 11.0. The molecule has 1 aromatic heterocycles. The largest absolute Gasteiger partial charge is 0.493 e. The Morgan fingerprint density at radius 1 is 1.12 bits per heavy atom. The minimum absolute atomic E-state index is 0.00876. The van der Waals surface area contributed by atoms with Crippen molar-refractivity contribution >= 4 is 11.8 Å². The SMILES string of the molecule is COc1ccc(CC(=O)NC2CCC(n3cc(C(=O)NCC(C)C)nn3)CC2)cc1OC. The summed E-state index contributed by atoms with van der Waals surface area (Å²) in [5.74, 6) is 1.44. The summed E-state index contributed by atoms with van der Waals surface area (Å²) in [6, 6.07) is 5.83. The molecule has 0 radical (unpaired) electrons. The van der Waals surface area contributed by atoms with Gasteiger partial charge in [0.15, 0.2) is 17.2 Å². The van der Waals surface area contributed by atoms with Gasteiger partial charge in [0.2, 0.25) is 5.91 Å². The van der Waals surface area contributed by atoms with Crippen LogP contribution < -0.4 is 20.1 Å². The van der Waals surface area contributed by atoms with E-state index in [4.69, 9.17) is 9.47 Å². The van der Waals surface area contributed by atoms with Crippen LogP contribution in [-0.4, -0.2) is 53.6 Å². The zero-order valence-corrected chi connectivity index (χ0v) is 19.3. The highest BCUT2D eigenvalue weighted by Crippen LogP contribution is 2.29. The number of nitrogens with zero attached hydrogens (tertiary/aromatic N) is 3. The van der Waals surface area contributed by atoms with Gasteiger partial charge in [0.05, 0.1) is 32.9 Å². The predicted octanol–water partition coefficient (Wildman–Crippen LogP) is 2.52. The number of ether oxygens (including phenoxy) is 2. The highest BCUT2D eigenvalue weighted by Gasteiger charge is 2.25. The van der Waals surface area contributed by atoms with Crippen LogP contribution >= 0.6 is 0 Å². The molecule has 2 N–H and O–H groups in total. The number of carbonyl (C=O) groups is 2. The van der Waals surface area contributed by atoms with Crippen molar-refractivity contribution in [2.75, 3.05) is 20.8 Å². The summed E-state index contributed by atoms with van der Waals surface area (Å²) in [6.45, 7) is 4.70. The molecule has 2 aromatic rings. The maximum absolute atomic E-state index is 12.5. The number of amides is 2. The van der Waals surface area contributed by atoms with E-state index >= 15 is 0 Å². The molecule has 1 saturated carbocycles. The van der Waals surface area contributed by atoms with Crippen LogP contribution in [0.5, 0.6) is 11.5 Å². The molecule has 9 nitrogen and oxygen atoms in total. The molecule has 1 heterocycles. The van der Waals surface area contributed by atoms with Gasteiger partial charge >= 0.3 is 0 Å². The normalized spacial score (nSPS) is 18.3. The van der Waals surface area contributed by atoms with E-state index in [0.717, 1.165) is 31.2 Å². The summed E-state index contributed by atoms with van der Waals surface area (Å²) < 4.78 is 12.3. The van der Waals surface area contributed by atoms with Crippen molar-refractivity contribution in [1.82, 2.24) is 25.6 Å². The molecular formula is C23H33N5O4. The van der Waals surface area contributed by atoms with Crippen molar-refractivity contribution in [3.8, 4) is 11.5 Å². The van der Waals surface area contributed by atoms with E-state index in [1.807, 2.05) is 32.0 Å². The highest BCUT2D eigenvalue weighted by atomic mass is 16.5. The number of carbonyl (C=O) groups excluding carboxylic acids is 2. The maximum atomic E-state index is 12.5. The lowest BCUT2D eigenvalue weighted by molar-refractivity contribution is -0.121. The molecule has 9 heteroatoms. The Hall–Kier alpha value is -3.10. The monoisotopic (exact) mass is 443 g/mol. The molecule has 0 unspecified atom stereocenters. The minimum Gasteiger partial charge on any atom is -0.493 e. The van der Waals surface area contributed by atoms with Crippen molar-refractivity contribution in [2.45, 2.75) is 58.0 Å². The quantitative estimate of drug-likeness (QED) is 0.617. The maximum Gasteiger partial charge on any atom is 0.273 e. The topological polar surface area (TPSA) is 107 Å². The first-order valence-corrected chi connectivity index (χ1v) is 11.1. The Kier molecular flexibility index (Phi) is 8.08. The zero-order valence-electron chi connectivity index (χ0n) is 19.3. The molecule has 174 valence electrons. The molecule has 1 aromatic carbocycles. The van der Waals surface area contributed by atoms with E-state index in [1.54, 1.807) is 25.1 Å². The average molecular weight is 444 g/mol. The van der Waals surface area contributed by atoms with Gasteiger partial charge in [-0.25, -0.2) is 4.68 Å². The van der Waals surface area contributed by atoms with Crippen LogP contribution in [0.1, 0.15) is 61.6 Å². The third-order valence-electron chi connectivity index (χ3n) is 5.66. The van der Waals surface area contributed by atoms with E-state index in [2.05, 4.69) is 20.9 Å². The fourth-order valence-corrected chi connectivity index (χ4v) is 3.89. The first kappa shape index (κ1) is 23.6. The number of rotatable bonds is 9. The summed E-state index contributed by atoms with van der Waals surface area (Å²) in [5, 5.41) is 14.2. The number of aromatic nitrogens is 3. The Labute approximate surface area is 188 Å². The molecule has 1 fully saturated rings. The molecular weight excluding hydrogens is 410 g/mol. The van der Waals surface area contributed by atoms with Crippen LogP contribution in [0.2, 0.25) is 0 Å². The lowest BCUT2D eigenvalue weighted by Crippen LogP contribution is -2.38. The van der Waals surface area contributed by atoms with Gasteiger partial charge in [-0.15, -0.1) is 5.10 Å². The van der Waals surface area contributed by atoms with Crippen LogP contribution in [-0.2, 0) is 11.2 Å². The van der Waals surface area contributed by atoms with Gasteiger partial charge in [-0.05, 0) is 49.3 Å². The second-order valence-electron chi connectivity index (χ2n) is 8.63. The number of methoxy groups -OCH3 is 2. The summed E-state index contributed by atoms with van der Waals surface area (Å²) in [5.41, 5.74) is 1.22. The molecule has 3 rings (SSSR count). The molecule has 0 aliphatic heterocycles. The number of benzene rings is 1. The molecule has 1 aliphatic carbocycles. The van der Waals surface area contributed by atoms with Crippen molar-refractivity contribution in [3.05, 3.63) is 35.7 Å². The average Bonchev–Trinajstić information content (AvgIpc) is 3.28. The van der Waals surface area contributed by atoms with Crippen LogP contribution in [0.3, 0.4) is 0 Å². The molecule has 0 saturated heterocycles. The van der Waals surface area contributed by atoms with Crippen molar-refractivity contribution in [3.63, 3.8) is 0 Å². The van der Waals surface area contributed by atoms with Gasteiger partial charge in [0.1, 0.15) is 0 Å². The van der Waals surface area contributed by atoms with E-state index in [0.29, 0.717) is 29.7 Å². The molecule has 0 bridgehead atoms. The van der Waals surface area contributed by atoms with Crippen LogP contribution in [0.15, 0.2) is 24.4 Å². The highest BCUT2D eigenvalue weighted by molar-refractivity contribution is 5.91. The van der Waals surface area contributed by atoms with Gasteiger partial charge in [0.25, 0.3) is 5.91 Å². The summed E-state index contributed by atoms with van der Waals surface area (Å²) in [4.78, 5) is 24.7. The predicted molar refractivity (Wildman–Crippen MR) is 120 cm³/mol. The van der Waals surface area contributed by atoms with Gasteiger partial charge in [0, 0.05) is 12.6 Å². The van der Waals surface area contributed by atoms with Gasteiger partial charge in [-0.1, -0.05) is 25.1 Å². The Balaban J connectivity index is 1.47. The zero-order chi connectivity index (χ0) is 23.1. The van der Waals surface area contributed by atoms with E-state index in [9.17, 15) is 9.59 Å². The fraction of sp³-hybridized carbons (Fsp3) is 0.565. The summed E-state index contributed by atoms with van der Waals surface area (Å²) in [7, 11) is 3.17. The van der Waals surface area contributed by atoms with Gasteiger partial charge < -0.3 is 20.1 Å². The number of hydrogen-bond acceptors (Lipinski definition) is 6. The van der Waals surface area contributed by atoms with Crippen LogP contribution in [0.4, 0.5) is 0 Å². The van der Waals surface area contributed by atoms with Crippen molar-refractivity contribution in [1.29, 1.82) is 0 Å². The van der Waals surface area contributed by atoms with Crippen LogP contribution in [0, 0.1) is 5.92 Å². The Bertz CT molecular complexity index is 919. The molecule has 32 heavy (non-hydrogen) atoms. The second-order valence-corrected chi connectivity index (χ2v) is 8.63. The Morgan fingerprint density at radius 3 is 2.50 bits per heavy atom. The number of hydrogen-bond donors (Lipinski definition) is 2. The standard InChI is InChI=1S/C23H33N5O4/c1-15(2)13-24-23(30)19-14-28(27-26-19)18-8-6-17(7-9-18)25-22(29)12-16-5-10-20(31-3)21(11-16)32-4/h5,10-11,14-15,17-18H,6-9,12-13H2,1-4H3,(H,24,30)(H,25,29). The molecule has 1 aliphatic rings. The first-order chi connectivity index (χ1) is 15.4. The lowest BCUT2D eigenvalue weighted by atomic mass is 9.91. The molecule has 0 spiro atoms. The van der Waals surface area contributed by atoms with Gasteiger partial charge in [-0.3, -0.25) is 9.59 Å². The summed E-state index contributed by atoms with van der Waals surface area (Å²) >= 11 is 0. The molecule has 2 amide bonds. The summed E-state index contributed by atoms with van der Waals surface area (Å²) in [6.07, 6.45) is 5.47.